The Balaban J connectivity index is 1.15. The van der Waals surface area contributed by atoms with Crippen LogP contribution in [0.15, 0.2) is 194 Å². The Kier molecular flexibility index (Phi) is 6.28. The average molecular weight is 661 g/mol. The fourth-order valence-corrected chi connectivity index (χ4v) is 8.56. The van der Waals surface area contributed by atoms with Gasteiger partial charge in [-0.25, -0.2) is 0 Å². The molecule has 0 aliphatic heterocycles. The molecular formula is C50H32N2. The van der Waals surface area contributed by atoms with Crippen LogP contribution in [0.3, 0.4) is 0 Å². The highest BCUT2D eigenvalue weighted by Gasteiger charge is 2.21. The summed E-state index contributed by atoms with van der Waals surface area (Å²) in [6.45, 7) is 0. The average Bonchev–Trinajstić information content (AvgIpc) is 3.73. The predicted octanol–water partition coefficient (Wildman–Crippen LogP) is 13.5. The van der Waals surface area contributed by atoms with Crippen molar-refractivity contribution in [2.45, 2.75) is 0 Å². The van der Waals surface area contributed by atoms with Gasteiger partial charge in [0.2, 0.25) is 0 Å². The third-order valence-corrected chi connectivity index (χ3v) is 10.9. The van der Waals surface area contributed by atoms with Crippen LogP contribution in [0.1, 0.15) is 0 Å². The SMILES string of the molecule is c1cc(-c2ccc3ccccc3c2)cc(-n2c3ccccc3c3c4c5ccccc5n(-c5cccc(-c6cccc7ccccc67)c5)c4ccc32)c1. The molecule has 242 valence electrons. The lowest BCUT2D eigenvalue weighted by molar-refractivity contribution is 1.17. The Morgan fingerprint density at radius 2 is 0.769 bits per heavy atom. The van der Waals surface area contributed by atoms with Gasteiger partial charge in [0.15, 0.2) is 0 Å². The van der Waals surface area contributed by atoms with E-state index in [9.17, 15) is 0 Å². The number of hydrogen-bond donors (Lipinski definition) is 0. The smallest absolute Gasteiger partial charge is 0.0548 e. The Labute approximate surface area is 301 Å². The maximum atomic E-state index is 2.45. The van der Waals surface area contributed by atoms with Crippen LogP contribution < -0.4 is 0 Å². The van der Waals surface area contributed by atoms with Crippen molar-refractivity contribution in [3.63, 3.8) is 0 Å². The summed E-state index contributed by atoms with van der Waals surface area (Å²) in [6.07, 6.45) is 0. The van der Waals surface area contributed by atoms with Crippen LogP contribution in [0.2, 0.25) is 0 Å². The molecule has 0 unspecified atom stereocenters. The van der Waals surface area contributed by atoms with Gasteiger partial charge in [0.1, 0.15) is 0 Å². The molecule has 2 aromatic heterocycles. The lowest BCUT2D eigenvalue weighted by atomic mass is 9.98. The number of para-hydroxylation sites is 2. The number of benzene rings is 9. The molecule has 0 spiro atoms. The van der Waals surface area contributed by atoms with Crippen LogP contribution >= 0.6 is 0 Å². The minimum absolute atomic E-state index is 1.16. The Hall–Kier alpha value is -6.90. The van der Waals surface area contributed by atoms with Crippen molar-refractivity contribution in [2.24, 2.45) is 0 Å². The summed E-state index contributed by atoms with van der Waals surface area (Å²) >= 11 is 0. The molecule has 11 rings (SSSR count). The van der Waals surface area contributed by atoms with E-state index in [-0.39, 0.29) is 0 Å². The molecule has 0 aliphatic carbocycles. The van der Waals surface area contributed by atoms with Crippen molar-refractivity contribution in [3.8, 4) is 33.6 Å². The number of hydrogen-bond acceptors (Lipinski definition) is 0. The van der Waals surface area contributed by atoms with Gasteiger partial charge in [-0.15, -0.1) is 0 Å². The molecule has 9 aromatic carbocycles. The summed E-state index contributed by atoms with van der Waals surface area (Å²) in [4.78, 5) is 0. The number of aromatic nitrogens is 2. The molecule has 11 aromatic rings. The lowest BCUT2D eigenvalue weighted by Crippen LogP contribution is -1.95. The molecule has 0 bridgehead atoms. The summed E-state index contributed by atoms with van der Waals surface area (Å²) < 4.78 is 4.90. The molecular weight excluding hydrogens is 629 g/mol. The largest absolute Gasteiger partial charge is 0.309 e. The molecule has 0 fully saturated rings. The van der Waals surface area contributed by atoms with E-state index < -0.39 is 0 Å². The molecule has 0 saturated heterocycles. The Bertz CT molecular complexity index is 3190. The van der Waals surface area contributed by atoms with Crippen molar-refractivity contribution in [1.29, 1.82) is 0 Å². The van der Waals surface area contributed by atoms with Crippen LogP contribution in [0.5, 0.6) is 0 Å². The van der Waals surface area contributed by atoms with Gasteiger partial charge in [-0.1, -0.05) is 140 Å². The van der Waals surface area contributed by atoms with Crippen LogP contribution in [0.4, 0.5) is 0 Å². The van der Waals surface area contributed by atoms with Crippen molar-refractivity contribution < 1.29 is 0 Å². The second-order valence-corrected chi connectivity index (χ2v) is 13.7. The fourth-order valence-electron chi connectivity index (χ4n) is 8.56. The molecule has 0 atom stereocenters. The van der Waals surface area contributed by atoms with Gasteiger partial charge in [-0.05, 0) is 98.4 Å². The summed E-state index contributed by atoms with van der Waals surface area (Å²) in [6, 6.07) is 71.0. The van der Waals surface area contributed by atoms with E-state index in [2.05, 4.69) is 203 Å². The Morgan fingerprint density at radius 1 is 0.269 bits per heavy atom. The first kappa shape index (κ1) is 28.9. The van der Waals surface area contributed by atoms with Gasteiger partial charge in [0, 0.05) is 32.9 Å². The minimum atomic E-state index is 1.16. The van der Waals surface area contributed by atoms with Gasteiger partial charge in [0.05, 0.1) is 22.1 Å². The Morgan fingerprint density at radius 3 is 1.46 bits per heavy atom. The number of nitrogens with zero attached hydrogens (tertiary/aromatic N) is 2. The van der Waals surface area contributed by atoms with Gasteiger partial charge in [0.25, 0.3) is 0 Å². The second kappa shape index (κ2) is 11.3. The van der Waals surface area contributed by atoms with Crippen LogP contribution in [0.25, 0.3) is 98.8 Å². The molecule has 2 heterocycles. The van der Waals surface area contributed by atoms with E-state index in [1.807, 2.05) is 0 Å². The van der Waals surface area contributed by atoms with Gasteiger partial charge < -0.3 is 9.13 Å². The second-order valence-electron chi connectivity index (χ2n) is 13.7. The van der Waals surface area contributed by atoms with E-state index >= 15 is 0 Å². The van der Waals surface area contributed by atoms with Gasteiger partial charge in [-0.3, -0.25) is 0 Å². The molecule has 0 aliphatic rings. The maximum absolute atomic E-state index is 2.45. The normalized spacial score (nSPS) is 11.8. The zero-order valence-corrected chi connectivity index (χ0v) is 28.4. The van der Waals surface area contributed by atoms with Crippen LogP contribution in [-0.2, 0) is 0 Å². The first-order chi connectivity index (χ1) is 25.8. The zero-order valence-electron chi connectivity index (χ0n) is 28.4. The monoisotopic (exact) mass is 660 g/mol. The van der Waals surface area contributed by atoms with E-state index in [1.165, 1.54) is 87.4 Å². The van der Waals surface area contributed by atoms with Crippen molar-refractivity contribution in [3.05, 3.63) is 194 Å². The predicted molar refractivity (Wildman–Crippen MR) is 221 cm³/mol. The summed E-state index contributed by atoms with van der Waals surface area (Å²) in [7, 11) is 0. The molecule has 2 heteroatoms. The summed E-state index contributed by atoms with van der Waals surface area (Å²) in [5.41, 5.74) is 12.0. The number of fused-ring (bicyclic) bond motifs is 9. The number of rotatable bonds is 4. The van der Waals surface area contributed by atoms with Gasteiger partial charge >= 0.3 is 0 Å². The van der Waals surface area contributed by atoms with Gasteiger partial charge in [-0.2, -0.15) is 0 Å². The van der Waals surface area contributed by atoms with E-state index in [4.69, 9.17) is 0 Å². The zero-order chi connectivity index (χ0) is 34.2. The van der Waals surface area contributed by atoms with E-state index in [0.29, 0.717) is 0 Å². The molecule has 0 radical (unpaired) electrons. The highest BCUT2D eigenvalue weighted by Crippen LogP contribution is 2.43. The fraction of sp³-hybridized carbons (Fsp3) is 0. The van der Waals surface area contributed by atoms with E-state index in [0.717, 1.165) is 11.4 Å². The third-order valence-electron chi connectivity index (χ3n) is 10.9. The van der Waals surface area contributed by atoms with Crippen molar-refractivity contribution in [1.82, 2.24) is 9.13 Å². The lowest BCUT2D eigenvalue weighted by Gasteiger charge is -2.12. The van der Waals surface area contributed by atoms with Crippen LogP contribution in [0, 0.1) is 0 Å². The highest BCUT2D eigenvalue weighted by molar-refractivity contribution is 6.29. The van der Waals surface area contributed by atoms with Crippen LogP contribution in [-0.4, -0.2) is 9.13 Å². The quantitative estimate of drug-likeness (QED) is 0.178. The topological polar surface area (TPSA) is 9.86 Å². The third kappa shape index (κ3) is 4.31. The maximum Gasteiger partial charge on any atom is 0.0548 e. The first-order valence-corrected chi connectivity index (χ1v) is 17.9. The van der Waals surface area contributed by atoms with E-state index in [1.54, 1.807) is 0 Å². The molecule has 0 amide bonds. The van der Waals surface area contributed by atoms with Crippen molar-refractivity contribution in [2.75, 3.05) is 0 Å². The molecule has 0 N–H and O–H groups in total. The summed E-state index contributed by atoms with van der Waals surface area (Å²) in [5, 5.41) is 10.1. The summed E-state index contributed by atoms with van der Waals surface area (Å²) in [5.74, 6) is 0. The standard InChI is InChI=1S/C50H32N2/c1-2-14-35-30-37(27-26-33(35)12-1)36-16-9-18-39(31-36)51-45-24-7-5-21-43(45)49-47(51)28-29-48-50(49)44-22-6-8-25-46(44)52(48)40-19-10-17-38(32-40)42-23-11-15-34-13-3-4-20-41(34)42/h1-32H. The molecule has 52 heavy (non-hydrogen) atoms. The first-order valence-electron chi connectivity index (χ1n) is 17.9. The van der Waals surface area contributed by atoms with Crippen molar-refractivity contribution >= 4 is 65.2 Å². The molecule has 2 nitrogen and oxygen atoms in total. The highest BCUT2D eigenvalue weighted by atomic mass is 15.0. The minimum Gasteiger partial charge on any atom is -0.309 e. The molecule has 0 saturated carbocycles.